The molecule has 0 atom stereocenters. The lowest BCUT2D eigenvalue weighted by Gasteiger charge is -2.18. The Morgan fingerprint density at radius 2 is 1.93 bits per heavy atom. The van der Waals surface area contributed by atoms with Crippen molar-refractivity contribution in [3.05, 3.63) is 48.0 Å². The predicted molar refractivity (Wildman–Crippen MR) is 91.9 cm³/mol. The molecule has 1 heterocycles. The molecule has 2 amide bonds. The van der Waals surface area contributed by atoms with Gasteiger partial charge in [-0.1, -0.05) is 0 Å². The first-order valence-corrected chi connectivity index (χ1v) is 8.46. The van der Waals surface area contributed by atoms with Gasteiger partial charge in [0.2, 0.25) is 5.91 Å². The van der Waals surface area contributed by atoms with Gasteiger partial charge in [-0.25, -0.2) is 4.98 Å². The number of hydrogen-bond donors (Lipinski definition) is 1. The van der Waals surface area contributed by atoms with E-state index in [0.29, 0.717) is 11.3 Å². The SMILES string of the molecule is CN(Cc1nccn1CC(F)(F)F)C(=O)c1ccc(NC(=O)C2CC2)cc1. The summed E-state index contributed by atoms with van der Waals surface area (Å²) in [6.45, 7) is -1.21. The van der Waals surface area contributed by atoms with Gasteiger partial charge in [0.05, 0.1) is 6.54 Å². The van der Waals surface area contributed by atoms with Crippen LogP contribution >= 0.6 is 0 Å². The Morgan fingerprint density at radius 3 is 2.52 bits per heavy atom. The molecular weight excluding hydrogens is 361 g/mol. The van der Waals surface area contributed by atoms with Crippen LogP contribution in [-0.2, 0) is 17.9 Å². The van der Waals surface area contributed by atoms with Gasteiger partial charge >= 0.3 is 6.18 Å². The molecule has 1 aliphatic carbocycles. The zero-order valence-electron chi connectivity index (χ0n) is 14.7. The highest BCUT2D eigenvalue weighted by Gasteiger charge is 2.30. The van der Waals surface area contributed by atoms with Gasteiger partial charge in [-0.2, -0.15) is 13.2 Å². The first kappa shape index (κ1) is 18.9. The van der Waals surface area contributed by atoms with Crippen LogP contribution in [-0.4, -0.2) is 39.5 Å². The van der Waals surface area contributed by atoms with E-state index in [1.165, 1.54) is 24.3 Å². The summed E-state index contributed by atoms with van der Waals surface area (Å²) >= 11 is 0. The number of nitrogens with one attached hydrogen (secondary N) is 1. The van der Waals surface area contributed by atoms with E-state index < -0.39 is 12.7 Å². The van der Waals surface area contributed by atoms with Crippen LogP contribution in [0.25, 0.3) is 0 Å². The van der Waals surface area contributed by atoms with Gasteiger partial charge in [0.25, 0.3) is 5.91 Å². The van der Waals surface area contributed by atoms with Gasteiger partial charge in [-0.15, -0.1) is 0 Å². The average Bonchev–Trinajstić information content (AvgIpc) is 3.37. The molecule has 1 aromatic carbocycles. The Hall–Kier alpha value is -2.84. The molecular formula is C18H19F3N4O2. The van der Waals surface area contributed by atoms with Crippen LogP contribution in [0.5, 0.6) is 0 Å². The number of aromatic nitrogens is 2. The third-order valence-corrected chi connectivity index (χ3v) is 4.22. The third-order valence-electron chi connectivity index (χ3n) is 4.22. The van der Waals surface area contributed by atoms with Gasteiger partial charge in [-0.05, 0) is 37.1 Å². The number of hydrogen-bond acceptors (Lipinski definition) is 3. The fraction of sp³-hybridized carbons (Fsp3) is 0.389. The summed E-state index contributed by atoms with van der Waals surface area (Å²) in [6.07, 6.45) is -0.0530. The van der Waals surface area contributed by atoms with Crippen LogP contribution in [0.1, 0.15) is 29.0 Å². The number of alkyl halides is 3. The summed E-state index contributed by atoms with van der Waals surface area (Å²) in [6, 6.07) is 6.41. The fourth-order valence-electron chi connectivity index (χ4n) is 2.62. The molecule has 9 heteroatoms. The lowest BCUT2D eigenvalue weighted by Crippen LogP contribution is -2.29. The number of rotatable bonds is 6. The molecule has 0 radical (unpaired) electrons. The summed E-state index contributed by atoms with van der Waals surface area (Å²) in [5.41, 5.74) is 0.975. The number of carbonyl (C=O) groups excluding carboxylic acids is 2. The van der Waals surface area contributed by atoms with E-state index >= 15 is 0 Å². The number of anilines is 1. The molecule has 144 valence electrons. The molecule has 6 nitrogen and oxygen atoms in total. The van der Waals surface area contributed by atoms with Crippen LogP contribution < -0.4 is 5.32 Å². The minimum Gasteiger partial charge on any atom is -0.334 e. The number of carbonyl (C=O) groups is 2. The van der Waals surface area contributed by atoms with Gasteiger partial charge in [0.15, 0.2) is 0 Å². The van der Waals surface area contributed by atoms with E-state index in [-0.39, 0.29) is 30.1 Å². The maximum absolute atomic E-state index is 12.6. The van der Waals surface area contributed by atoms with Crippen LogP contribution in [0.2, 0.25) is 0 Å². The number of benzene rings is 1. The van der Waals surface area contributed by atoms with Gasteiger partial charge < -0.3 is 14.8 Å². The molecule has 1 fully saturated rings. The molecule has 3 rings (SSSR count). The fourth-order valence-corrected chi connectivity index (χ4v) is 2.62. The highest BCUT2D eigenvalue weighted by molar-refractivity contribution is 5.96. The van der Waals surface area contributed by atoms with Gasteiger partial charge in [0, 0.05) is 36.6 Å². The topological polar surface area (TPSA) is 67.2 Å². The standard InChI is InChI=1S/C18H19F3N4O2/c1-24(10-15-22-8-9-25(15)11-18(19,20)21)17(27)13-4-6-14(7-5-13)23-16(26)12-2-3-12/h4-9,12H,2-3,10-11H2,1H3,(H,23,26). The zero-order chi connectivity index (χ0) is 19.6. The van der Waals surface area contributed by atoms with Crippen molar-refractivity contribution in [2.75, 3.05) is 12.4 Å². The zero-order valence-corrected chi connectivity index (χ0v) is 14.7. The summed E-state index contributed by atoms with van der Waals surface area (Å²) in [5, 5.41) is 2.78. The summed E-state index contributed by atoms with van der Waals surface area (Å²) < 4.78 is 38.7. The number of imidazole rings is 1. The smallest absolute Gasteiger partial charge is 0.334 e. The Morgan fingerprint density at radius 1 is 1.26 bits per heavy atom. The average molecular weight is 380 g/mol. The minimum atomic E-state index is -4.36. The number of halogens is 3. The Bertz CT molecular complexity index is 826. The second kappa shape index (κ2) is 7.42. The van der Waals surface area contributed by atoms with Gasteiger partial charge in [0.1, 0.15) is 12.4 Å². The maximum atomic E-state index is 12.6. The highest BCUT2D eigenvalue weighted by Crippen LogP contribution is 2.30. The Kier molecular flexibility index (Phi) is 5.20. The summed E-state index contributed by atoms with van der Waals surface area (Å²) in [5.74, 6) is -0.145. The summed E-state index contributed by atoms with van der Waals surface area (Å²) in [4.78, 5) is 29.4. The maximum Gasteiger partial charge on any atom is 0.406 e. The van der Waals surface area contributed by atoms with Crippen molar-refractivity contribution in [3.63, 3.8) is 0 Å². The third kappa shape index (κ3) is 5.08. The lowest BCUT2D eigenvalue weighted by molar-refractivity contribution is -0.141. The molecule has 0 bridgehead atoms. The molecule has 0 saturated heterocycles. The molecule has 1 N–H and O–H groups in total. The first-order chi connectivity index (χ1) is 12.7. The molecule has 0 aliphatic heterocycles. The normalized spacial score (nSPS) is 14.1. The monoisotopic (exact) mass is 380 g/mol. The second-order valence-electron chi connectivity index (χ2n) is 6.59. The van der Waals surface area contributed by atoms with Crippen LogP contribution in [0.4, 0.5) is 18.9 Å². The highest BCUT2D eigenvalue weighted by atomic mass is 19.4. The van der Waals surface area contributed by atoms with Crippen molar-refractivity contribution in [2.24, 2.45) is 5.92 Å². The number of nitrogens with zero attached hydrogens (tertiary/aromatic N) is 3. The molecule has 2 aromatic rings. The molecule has 1 aliphatic rings. The van der Waals surface area contributed by atoms with Crippen LogP contribution in [0.15, 0.2) is 36.7 Å². The van der Waals surface area contributed by atoms with E-state index in [2.05, 4.69) is 10.3 Å². The number of amides is 2. The van der Waals surface area contributed by atoms with Gasteiger partial charge in [-0.3, -0.25) is 9.59 Å². The molecule has 27 heavy (non-hydrogen) atoms. The van der Waals surface area contributed by atoms with Crippen LogP contribution in [0, 0.1) is 5.92 Å². The lowest BCUT2D eigenvalue weighted by atomic mass is 10.2. The van der Waals surface area contributed by atoms with E-state index in [1.807, 2.05) is 0 Å². The van der Waals surface area contributed by atoms with Crippen LogP contribution in [0.3, 0.4) is 0 Å². The Labute approximate surface area is 154 Å². The molecule has 0 unspecified atom stereocenters. The van der Waals surface area contributed by atoms with Crippen molar-refractivity contribution in [3.8, 4) is 0 Å². The van der Waals surface area contributed by atoms with E-state index in [4.69, 9.17) is 0 Å². The van der Waals surface area contributed by atoms with E-state index in [1.54, 1.807) is 24.3 Å². The first-order valence-electron chi connectivity index (χ1n) is 8.46. The minimum absolute atomic E-state index is 0.0253. The van der Waals surface area contributed by atoms with Crippen molar-refractivity contribution >= 4 is 17.5 Å². The quantitative estimate of drug-likeness (QED) is 0.838. The molecule has 1 saturated carbocycles. The van der Waals surface area contributed by atoms with E-state index in [0.717, 1.165) is 17.4 Å². The molecule has 1 aromatic heterocycles. The summed E-state index contributed by atoms with van der Waals surface area (Å²) in [7, 11) is 1.50. The second-order valence-corrected chi connectivity index (χ2v) is 6.59. The van der Waals surface area contributed by atoms with E-state index in [9.17, 15) is 22.8 Å². The predicted octanol–water partition coefficient (Wildman–Crippen LogP) is 3.07. The largest absolute Gasteiger partial charge is 0.406 e. The van der Waals surface area contributed by atoms with Crippen molar-refractivity contribution in [1.29, 1.82) is 0 Å². The van der Waals surface area contributed by atoms with Crippen molar-refractivity contribution in [1.82, 2.24) is 14.5 Å². The molecule has 0 spiro atoms. The van der Waals surface area contributed by atoms with Crippen molar-refractivity contribution < 1.29 is 22.8 Å². The Balaban J connectivity index is 1.62. The van der Waals surface area contributed by atoms with Crippen molar-refractivity contribution in [2.45, 2.75) is 32.1 Å².